The van der Waals surface area contributed by atoms with Gasteiger partial charge in [0.2, 0.25) is 0 Å². The molecule has 70 valence electrons. The summed E-state index contributed by atoms with van der Waals surface area (Å²) in [6.45, 7) is 8.29. The van der Waals surface area contributed by atoms with Crippen LogP contribution < -0.4 is 0 Å². The van der Waals surface area contributed by atoms with Crippen molar-refractivity contribution >= 4 is 0 Å². The van der Waals surface area contributed by atoms with Crippen molar-refractivity contribution in [1.82, 2.24) is 4.90 Å². The van der Waals surface area contributed by atoms with E-state index in [-0.39, 0.29) is 0 Å². The normalized spacial score (nSPS) is 21.3. The van der Waals surface area contributed by atoms with Gasteiger partial charge >= 0.3 is 0 Å². The zero-order valence-electron chi connectivity index (χ0n) is 8.47. The maximum absolute atomic E-state index is 2.59. The average Bonchev–Trinajstić information content (AvgIpc) is 2.16. The molecule has 0 aromatic heterocycles. The Labute approximate surface area is 76.5 Å². The van der Waals surface area contributed by atoms with Crippen molar-refractivity contribution in [1.29, 1.82) is 0 Å². The summed E-state index contributed by atoms with van der Waals surface area (Å²) in [5.41, 5.74) is 1.53. The Morgan fingerprint density at radius 3 is 2.50 bits per heavy atom. The molecule has 0 aromatic rings. The van der Waals surface area contributed by atoms with Crippen LogP contribution in [0.4, 0.5) is 0 Å². The lowest BCUT2D eigenvalue weighted by Gasteiger charge is -2.26. The van der Waals surface area contributed by atoms with Gasteiger partial charge in [-0.15, -0.1) is 0 Å². The number of piperidine rings is 1. The average molecular weight is 167 g/mol. The molecule has 0 radical (unpaired) electrons. The fraction of sp³-hybridized carbons (Fsp3) is 0.818. The standard InChI is InChI=1S/C11H21N/c1-3-11(2)7-10-12-8-5-4-6-9-12/h3H,4-10H2,1-2H3/b11-3+. The quantitative estimate of drug-likeness (QED) is 0.584. The Balaban J connectivity index is 2.13. The lowest BCUT2D eigenvalue weighted by atomic mass is 10.1. The Morgan fingerprint density at radius 1 is 1.25 bits per heavy atom. The molecule has 12 heavy (non-hydrogen) atoms. The molecule has 0 unspecified atom stereocenters. The summed E-state index contributed by atoms with van der Waals surface area (Å²) in [5.74, 6) is 0. The van der Waals surface area contributed by atoms with E-state index in [4.69, 9.17) is 0 Å². The Bertz CT molecular complexity index is 143. The van der Waals surface area contributed by atoms with Gasteiger partial charge in [0.1, 0.15) is 0 Å². The molecule has 1 aliphatic rings. The van der Waals surface area contributed by atoms with Crippen LogP contribution in [-0.4, -0.2) is 24.5 Å². The molecule has 0 saturated carbocycles. The summed E-state index contributed by atoms with van der Waals surface area (Å²) in [6.07, 6.45) is 7.75. The highest BCUT2D eigenvalue weighted by Crippen LogP contribution is 2.10. The highest BCUT2D eigenvalue weighted by Gasteiger charge is 2.08. The molecule has 0 amide bonds. The number of nitrogens with zero attached hydrogens (tertiary/aromatic N) is 1. The van der Waals surface area contributed by atoms with E-state index in [1.165, 1.54) is 50.9 Å². The van der Waals surface area contributed by atoms with Crippen LogP contribution in [0.2, 0.25) is 0 Å². The molecule has 0 spiro atoms. The van der Waals surface area contributed by atoms with Crippen LogP contribution in [0.3, 0.4) is 0 Å². The number of hydrogen-bond acceptors (Lipinski definition) is 1. The molecular weight excluding hydrogens is 146 g/mol. The second kappa shape index (κ2) is 5.36. The second-order valence-electron chi connectivity index (χ2n) is 3.79. The summed E-state index contributed by atoms with van der Waals surface area (Å²) in [6, 6.07) is 0. The van der Waals surface area contributed by atoms with Crippen LogP contribution in [0.1, 0.15) is 39.5 Å². The maximum atomic E-state index is 2.59. The van der Waals surface area contributed by atoms with Crippen LogP contribution in [0, 0.1) is 0 Å². The predicted octanol–water partition coefficient (Wildman–Crippen LogP) is 2.83. The SMILES string of the molecule is C/C=C(\C)CCN1CCCCC1. The van der Waals surface area contributed by atoms with Gasteiger partial charge in [-0.1, -0.05) is 18.1 Å². The first-order valence-corrected chi connectivity index (χ1v) is 5.17. The van der Waals surface area contributed by atoms with E-state index in [9.17, 15) is 0 Å². The van der Waals surface area contributed by atoms with E-state index in [0.717, 1.165) is 0 Å². The maximum Gasteiger partial charge on any atom is 0.00185 e. The highest BCUT2D eigenvalue weighted by atomic mass is 15.1. The van der Waals surface area contributed by atoms with Crippen LogP contribution in [0.5, 0.6) is 0 Å². The molecule has 0 bridgehead atoms. The first-order chi connectivity index (χ1) is 5.83. The van der Waals surface area contributed by atoms with Crippen molar-refractivity contribution in [2.45, 2.75) is 39.5 Å². The fourth-order valence-electron chi connectivity index (χ4n) is 1.66. The van der Waals surface area contributed by atoms with Gasteiger partial charge < -0.3 is 4.90 Å². The predicted molar refractivity (Wildman–Crippen MR) is 54.3 cm³/mol. The minimum absolute atomic E-state index is 1.26. The largest absolute Gasteiger partial charge is 0.303 e. The van der Waals surface area contributed by atoms with E-state index in [1.54, 1.807) is 0 Å². The Morgan fingerprint density at radius 2 is 1.92 bits per heavy atom. The smallest absolute Gasteiger partial charge is 0.00185 e. The molecule has 1 heteroatoms. The molecule has 0 atom stereocenters. The van der Waals surface area contributed by atoms with Gasteiger partial charge in [0.15, 0.2) is 0 Å². The third kappa shape index (κ3) is 3.40. The molecule has 0 N–H and O–H groups in total. The highest BCUT2D eigenvalue weighted by molar-refractivity contribution is 4.95. The van der Waals surface area contributed by atoms with Gasteiger partial charge in [0.25, 0.3) is 0 Å². The molecule has 1 heterocycles. The molecular formula is C11H21N. The summed E-state index contributed by atoms with van der Waals surface area (Å²) >= 11 is 0. The van der Waals surface area contributed by atoms with Gasteiger partial charge in [-0.05, 0) is 46.2 Å². The van der Waals surface area contributed by atoms with Crippen molar-refractivity contribution in [3.63, 3.8) is 0 Å². The Hall–Kier alpha value is -0.300. The zero-order valence-corrected chi connectivity index (χ0v) is 8.47. The van der Waals surface area contributed by atoms with E-state index in [2.05, 4.69) is 24.8 Å². The van der Waals surface area contributed by atoms with Gasteiger partial charge in [-0.3, -0.25) is 0 Å². The van der Waals surface area contributed by atoms with Crippen LogP contribution >= 0.6 is 0 Å². The third-order valence-electron chi connectivity index (χ3n) is 2.76. The number of likely N-dealkylation sites (tertiary alicyclic amines) is 1. The zero-order chi connectivity index (χ0) is 8.81. The molecule has 1 rings (SSSR count). The van der Waals surface area contributed by atoms with Crippen molar-refractivity contribution in [3.8, 4) is 0 Å². The van der Waals surface area contributed by atoms with Crippen LogP contribution in [0.25, 0.3) is 0 Å². The van der Waals surface area contributed by atoms with Crippen LogP contribution in [-0.2, 0) is 0 Å². The second-order valence-corrected chi connectivity index (χ2v) is 3.79. The minimum atomic E-state index is 1.26. The summed E-state index contributed by atoms with van der Waals surface area (Å²) in [4.78, 5) is 2.59. The number of allylic oxidation sites excluding steroid dienone is 1. The minimum Gasteiger partial charge on any atom is -0.303 e. The van der Waals surface area contributed by atoms with E-state index >= 15 is 0 Å². The number of hydrogen-bond donors (Lipinski definition) is 0. The van der Waals surface area contributed by atoms with Gasteiger partial charge in [0, 0.05) is 6.54 Å². The first kappa shape index (κ1) is 9.79. The van der Waals surface area contributed by atoms with Crippen molar-refractivity contribution in [2.75, 3.05) is 19.6 Å². The van der Waals surface area contributed by atoms with Crippen molar-refractivity contribution < 1.29 is 0 Å². The van der Waals surface area contributed by atoms with E-state index < -0.39 is 0 Å². The molecule has 1 saturated heterocycles. The van der Waals surface area contributed by atoms with E-state index in [0.29, 0.717) is 0 Å². The molecule has 1 fully saturated rings. The van der Waals surface area contributed by atoms with Gasteiger partial charge in [0.05, 0.1) is 0 Å². The fourth-order valence-corrected chi connectivity index (χ4v) is 1.66. The Kier molecular flexibility index (Phi) is 4.37. The molecule has 0 aliphatic carbocycles. The molecule has 1 aliphatic heterocycles. The van der Waals surface area contributed by atoms with Gasteiger partial charge in [-0.25, -0.2) is 0 Å². The number of rotatable bonds is 3. The third-order valence-corrected chi connectivity index (χ3v) is 2.76. The van der Waals surface area contributed by atoms with Crippen molar-refractivity contribution in [3.05, 3.63) is 11.6 Å². The summed E-state index contributed by atoms with van der Waals surface area (Å²) < 4.78 is 0. The summed E-state index contributed by atoms with van der Waals surface area (Å²) in [5, 5.41) is 0. The van der Waals surface area contributed by atoms with E-state index in [1.807, 2.05) is 0 Å². The lowest BCUT2D eigenvalue weighted by Crippen LogP contribution is -2.30. The van der Waals surface area contributed by atoms with Gasteiger partial charge in [-0.2, -0.15) is 0 Å². The van der Waals surface area contributed by atoms with Crippen molar-refractivity contribution in [2.24, 2.45) is 0 Å². The topological polar surface area (TPSA) is 3.24 Å². The molecule has 0 aromatic carbocycles. The summed E-state index contributed by atoms with van der Waals surface area (Å²) in [7, 11) is 0. The monoisotopic (exact) mass is 167 g/mol. The van der Waals surface area contributed by atoms with Crippen LogP contribution in [0.15, 0.2) is 11.6 Å². The molecule has 1 nitrogen and oxygen atoms in total. The lowest BCUT2D eigenvalue weighted by molar-refractivity contribution is 0.231. The first-order valence-electron chi connectivity index (χ1n) is 5.17.